The minimum atomic E-state index is -5.08. The summed E-state index contributed by atoms with van der Waals surface area (Å²) in [7, 11) is 0. The molecule has 4 aromatic heterocycles. The second-order valence-electron chi connectivity index (χ2n) is 15.5. The van der Waals surface area contributed by atoms with E-state index in [4.69, 9.17) is 39.6 Å². The summed E-state index contributed by atoms with van der Waals surface area (Å²) in [5, 5.41) is 43.7. The molecule has 0 aliphatic carbocycles. The zero-order valence-corrected chi connectivity index (χ0v) is 36.7. The van der Waals surface area contributed by atoms with E-state index in [9.17, 15) is 80.3 Å². The summed E-state index contributed by atoms with van der Waals surface area (Å²) in [4.78, 5) is 73.4. The molecule has 20 nitrogen and oxygen atoms in total. The van der Waals surface area contributed by atoms with E-state index >= 15 is 0 Å². The van der Waals surface area contributed by atoms with Gasteiger partial charge in [-0.3, -0.25) is 19.3 Å². The summed E-state index contributed by atoms with van der Waals surface area (Å²) in [5.41, 5.74) is 1.53. The van der Waals surface area contributed by atoms with Crippen LogP contribution in [0.4, 0.5) is 70.2 Å². The van der Waals surface area contributed by atoms with Gasteiger partial charge < -0.3 is 30.3 Å². The SMILES string of the molecule is N#CCC1(n2cc(-c3ncnc4[nH]ccc34)cn2)CN(C2CCN(C(=O)c3cc(CN4CC[C@H](F)C4)nc(C(F)(F)F)n3)CC2)C1.O=C(O)C(F)(F)F.O=C(O)C(F)(F)F.O=C(O)C(F)(F)F.O=C(O)C(F)(F)F. The summed E-state index contributed by atoms with van der Waals surface area (Å²) in [5.74, 6) is -13.0. The Morgan fingerprint density at radius 3 is 1.72 bits per heavy atom. The number of H-pyrrole nitrogens is 1. The van der Waals surface area contributed by atoms with Crippen molar-refractivity contribution in [2.45, 2.75) is 80.9 Å². The van der Waals surface area contributed by atoms with E-state index < -0.39 is 78.2 Å². The lowest BCUT2D eigenvalue weighted by molar-refractivity contribution is -0.193. The number of carboxylic acid groups (broad SMARTS) is 4. The number of halogens is 16. The van der Waals surface area contributed by atoms with Crippen LogP contribution in [0.25, 0.3) is 22.3 Å². The van der Waals surface area contributed by atoms with Crippen LogP contribution >= 0.6 is 0 Å². The molecule has 0 aromatic carbocycles. The van der Waals surface area contributed by atoms with Crippen molar-refractivity contribution in [1.29, 1.82) is 5.26 Å². The van der Waals surface area contributed by atoms with E-state index in [-0.39, 0.29) is 36.9 Å². The largest absolute Gasteiger partial charge is 0.490 e. The number of amides is 1. The topological polar surface area (TPSA) is 285 Å². The highest BCUT2D eigenvalue weighted by atomic mass is 19.4. The van der Waals surface area contributed by atoms with Gasteiger partial charge in [0, 0.05) is 75.2 Å². The molecule has 408 valence electrons. The molecule has 7 heterocycles. The fourth-order valence-corrected chi connectivity index (χ4v) is 6.83. The third kappa shape index (κ3) is 17.4. The number of fused-ring (bicyclic) bond motifs is 1. The lowest BCUT2D eigenvalue weighted by Crippen LogP contribution is -2.66. The standard InChI is InChI=1S/C30H31F4N11O.4C2HF3O2/c31-20-2-8-42(14-20)15-21-11-24(41-28(40-21)30(32,33)34)27(46)43-9-3-22(4-10-43)44-16-29(17-44,5-6-35)45-13-19(12-39-45)25-23-1-7-36-26(23)38-18-37-25;4*3-2(4,5)1(6)7/h1,7,11-13,18,20,22H,2-5,8-10,14-17H2,(H,36,37,38);4*(H,6,7)/t20-;;;;/m0..../s1. The highest BCUT2D eigenvalue weighted by Crippen LogP contribution is 2.38. The van der Waals surface area contributed by atoms with Gasteiger partial charge in [0.25, 0.3) is 5.91 Å². The minimum Gasteiger partial charge on any atom is -0.475 e. The van der Waals surface area contributed by atoms with E-state index in [1.807, 2.05) is 16.9 Å². The molecule has 1 amide bonds. The molecule has 3 saturated heterocycles. The van der Waals surface area contributed by atoms with Gasteiger partial charge in [-0.05, 0) is 31.4 Å². The third-order valence-electron chi connectivity index (χ3n) is 10.2. The van der Waals surface area contributed by atoms with Gasteiger partial charge in [0.15, 0.2) is 0 Å². The Morgan fingerprint density at radius 1 is 0.757 bits per heavy atom. The first-order chi connectivity index (χ1) is 33.9. The average Bonchev–Trinajstić information content (AvgIpc) is 4.06. The number of aromatic nitrogens is 7. The van der Waals surface area contributed by atoms with Crippen LogP contribution in [0, 0.1) is 11.3 Å². The normalized spacial score (nSPS) is 17.3. The Balaban J connectivity index is 0.000000421. The third-order valence-corrected chi connectivity index (χ3v) is 10.2. The lowest BCUT2D eigenvalue weighted by atomic mass is 9.83. The molecule has 5 N–H and O–H groups in total. The summed E-state index contributed by atoms with van der Waals surface area (Å²) >= 11 is 0. The molecule has 0 saturated carbocycles. The molecule has 3 aliphatic heterocycles. The molecule has 0 unspecified atom stereocenters. The van der Waals surface area contributed by atoms with Gasteiger partial charge in [-0.25, -0.2) is 43.5 Å². The smallest absolute Gasteiger partial charge is 0.475 e. The fraction of sp³-hybridized carbons (Fsp3) is 0.500. The Morgan fingerprint density at radius 2 is 1.27 bits per heavy atom. The number of hydrogen-bond donors (Lipinski definition) is 5. The van der Waals surface area contributed by atoms with Gasteiger partial charge in [-0.1, -0.05) is 0 Å². The van der Waals surface area contributed by atoms with Crippen molar-refractivity contribution in [2.75, 3.05) is 39.3 Å². The zero-order valence-electron chi connectivity index (χ0n) is 36.7. The number of nitriles is 1. The maximum Gasteiger partial charge on any atom is 0.490 e. The van der Waals surface area contributed by atoms with Crippen LogP contribution in [0.1, 0.15) is 47.7 Å². The number of carbonyl (C=O) groups excluding carboxylic acids is 1. The van der Waals surface area contributed by atoms with Crippen LogP contribution in [-0.2, 0) is 37.4 Å². The van der Waals surface area contributed by atoms with Gasteiger partial charge in [0.05, 0.1) is 30.1 Å². The van der Waals surface area contributed by atoms with Crippen LogP contribution < -0.4 is 0 Å². The van der Waals surface area contributed by atoms with Gasteiger partial charge in [0.2, 0.25) is 5.82 Å². The second kappa shape index (κ2) is 24.1. The number of rotatable bonds is 7. The number of piperidine rings is 1. The van der Waals surface area contributed by atoms with Crippen molar-refractivity contribution in [3.8, 4) is 17.3 Å². The number of carbonyl (C=O) groups is 5. The number of nitrogens with zero attached hydrogens (tertiary/aromatic N) is 10. The Kier molecular flexibility index (Phi) is 19.8. The number of hydrogen-bond acceptors (Lipinski definition) is 13. The van der Waals surface area contributed by atoms with Gasteiger partial charge in [0.1, 0.15) is 29.4 Å². The molecule has 4 aromatic rings. The first kappa shape index (κ1) is 60.9. The van der Waals surface area contributed by atoms with Crippen molar-refractivity contribution in [3.63, 3.8) is 0 Å². The van der Waals surface area contributed by atoms with Crippen LogP contribution in [0.3, 0.4) is 0 Å². The predicted octanol–water partition coefficient (Wildman–Crippen LogP) is 5.94. The predicted molar refractivity (Wildman–Crippen MR) is 210 cm³/mol. The highest BCUT2D eigenvalue weighted by molar-refractivity contribution is 5.92. The van der Waals surface area contributed by atoms with Crippen LogP contribution in [0.2, 0.25) is 0 Å². The fourth-order valence-electron chi connectivity index (χ4n) is 6.83. The number of alkyl halides is 16. The quantitative estimate of drug-likeness (QED) is 0.134. The number of carboxylic acids is 4. The molecule has 0 spiro atoms. The maximum absolute atomic E-state index is 13.6. The molecule has 7 rings (SSSR count). The maximum atomic E-state index is 13.6. The molecule has 74 heavy (non-hydrogen) atoms. The molecular weight excluding hydrogens is 1060 g/mol. The minimum absolute atomic E-state index is 0.0149. The monoisotopic (exact) mass is 1090 g/mol. The Labute approximate surface area is 401 Å². The number of aromatic amines is 1. The van der Waals surface area contributed by atoms with Crippen LogP contribution in [0.5, 0.6) is 0 Å². The summed E-state index contributed by atoms with van der Waals surface area (Å²) in [6.45, 7) is 2.46. The van der Waals surface area contributed by atoms with Crippen molar-refractivity contribution in [1.82, 2.24) is 49.4 Å². The molecule has 0 bridgehead atoms. The first-order valence-corrected chi connectivity index (χ1v) is 20.2. The van der Waals surface area contributed by atoms with E-state index in [1.165, 1.54) is 17.3 Å². The van der Waals surface area contributed by atoms with Crippen molar-refractivity contribution >= 4 is 40.8 Å². The zero-order chi connectivity index (χ0) is 56.4. The molecule has 36 heteroatoms. The molecule has 3 fully saturated rings. The van der Waals surface area contributed by atoms with Crippen LogP contribution in [-0.4, -0.2) is 176 Å². The van der Waals surface area contributed by atoms with Gasteiger partial charge in [-0.2, -0.15) is 76.2 Å². The van der Waals surface area contributed by atoms with E-state index in [0.29, 0.717) is 52.0 Å². The number of aliphatic carboxylic acids is 4. The summed E-state index contributed by atoms with van der Waals surface area (Å²) < 4.78 is 183. The van der Waals surface area contributed by atoms with E-state index in [0.717, 1.165) is 22.3 Å². The summed E-state index contributed by atoms with van der Waals surface area (Å²) in [6, 6.07) is 5.65. The number of nitrogens with one attached hydrogen (secondary N) is 1. The summed E-state index contributed by atoms with van der Waals surface area (Å²) in [6.07, 6.45) is -17.4. The van der Waals surface area contributed by atoms with Crippen LogP contribution in [0.15, 0.2) is 37.1 Å². The molecule has 1 atom stereocenters. The Hall–Kier alpha value is -7.45. The molecule has 3 aliphatic rings. The van der Waals surface area contributed by atoms with Crippen molar-refractivity contribution in [2.24, 2.45) is 0 Å². The van der Waals surface area contributed by atoms with E-state index in [2.05, 4.69) is 41.0 Å². The average molecular weight is 1090 g/mol. The van der Waals surface area contributed by atoms with Crippen molar-refractivity contribution in [3.05, 3.63) is 54.3 Å². The molecular formula is C38H35F16N11O9. The van der Waals surface area contributed by atoms with Crippen molar-refractivity contribution < 1.29 is 115 Å². The first-order valence-electron chi connectivity index (χ1n) is 20.2. The van der Waals surface area contributed by atoms with E-state index in [1.54, 1.807) is 17.3 Å². The number of likely N-dealkylation sites (tertiary alicyclic amines) is 3. The lowest BCUT2D eigenvalue weighted by Gasteiger charge is -2.53. The molecule has 0 radical (unpaired) electrons. The van der Waals surface area contributed by atoms with Gasteiger partial charge in [-0.15, -0.1) is 0 Å². The second-order valence-corrected chi connectivity index (χ2v) is 15.5. The highest BCUT2D eigenvalue weighted by Gasteiger charge is 2.49. The van der Waals surface area contributed by atoms with Gasteiger partial charge >= 0.3 is 54.8 Å². The Bertz CT molecular complexity index is 2540.